The molecule has 27 heavy (non-hydrogen) atoms. The molecule has 3 aromatic heterocycles. The van der Waals surface area contributed by atoms with Gasteiger partial charge < -0.3 is 4.90 Å². The topological polar surface area (TPSA) is 51.0 Å². The molecule has 2 aliphatic carbocycles. The Balaban J connectivity index is 1.64. The highest BCUT2D eigenvalue weighted by atomic mass is 32.1. The maximum Gasteiger partial charge on any atom is 0.255 e. The minimum Gasteiger partial charge on any atom is -0.333 e. The van der Waals surface area contributed by atoms with E-state index in [4.69, 9.17) is 4.98 Å². The fraction of sp³-hybridized carbons (Fsp3) is 0.476. The molecule has 1 atom stereocenters. The second kappa shape index (κ2) is 6.44. The van der Waals surface area contributed by atoms with Crippen LogP contribution in [-0.2, 0) is 6.54 Å². The van der Waals surface area contributed by atoms with Crippen LogP contribution in [-0.4, -0.2) is 37.7 Å². The molecule has 140 valence electrons. The first-order valence-electron chi connectivity index (χ1n) is 9.90. The Morgan fingerprint density at radius 1 is 1.37 bits per heavy atom. The van der Waals surface area contributed by atoms with Crippen molar-refractivity contribution >= 4 is 28.3 Å². The van der Waals surface area contributed by atoms with Crippen molar-refractivity contribution in [3.8, 4) is 10.6 Å². The number of pyridine rings is 1. The molecule has 6 heteroatoms. The van der Waals surface area contributed by atoms with Gasteiger partial charge in [-0.15, -0.1) is 11.3 Å². The van der Waals surface area contributed by atoms with Crippen LogP contribution >= 0.6 is 11.3 Å². The van der Waals surface area contributed by atoms with E-state index in [0.29, 0.717) is 18.0 Å². The Morgan fingerprint density at radius 3 is 2.81 bits per heavy atom. The van der Waals surface area contributed by atoms with Gasteiger partial charge in [0, 0.05) is 18.6 Å². The lowest BCUT2D eigenvalue weighted by molar-refractivity contribution is 0.0656. The molecule has 0 saturated heterocycles. The van der Waals surface area contributed by atoms with Crippen molar-refractivity contribution in [1.82, 2.24) is 19.7 Å². The van der Waals surface area contributed by atoms with Gasteiger partial charge in [-0.25, -0.2) is 9.67 Å². The Hall–Kier alpha value is -2.21. The number of hydrogen-bond acceptors (Lipinski definition) is 4. The highest BCUT2D eigenvalue weighted by Gasteiger charge is 2.42. The standard InChI is InChI=1S/C21H24N4OS/c1-3-24-20-17(12-22-24)16(11-18(23-20)19-5-4-10-27-19)21(26)25(15-8-9-15)13(2)14-6-7-14/h4-5,10-15H,3,6-9H2,1-2H3/t13-/m1/s1. The van der Waals surface area contributed by atoms with Crippen LogP contribution in [0.1, 0.15) is 49.9 Å². The lowest BCUT2D eigenvalue weighted by Gasteiger charge is -2.30. The Kier molecular flexibility index (Phi) is 4.04. The quantitative estimate of drug-likeness (QED) is 0.629. The average Bonchev–Trinajstić information content (AvgIpc) is 3.60. The second-order valence-electron chi connectivity index (χ2n) is 7.75. The minimum absolute atomic E-state index is 0.151. The predicted octanol–water partition coefficient (Wildman–Crippen LogP) is 4.58. The summed E-state index contributed by atoms with van der Waals surface area (Å²) in [6, 6.07) is 6.79. The van der Waals surface area contributed by atoms with Crippen LogP contribution in [0, 0.1) is 5.92 Å². The monoisotopic (exact) mass is 380 g/mol. The summed E-state index contributed by atoms with van der Waals surface area (Å²) in [5.74, 6) is 0.819. The number of rotatable bonds is 6. The molecule has 5 nitrogen and oxygen atoms in total. The van der Waals surface area contributed by atoms with Gasteiger partial charge in [0.2, 0.25) is 0 Å². The molecule has 5 rings (SSSR count). The Morgan fingerprint density at radius 2 is 2.19 bits per heavy atom. The van der Waals surface area contributed by atoms with Crippen LogP contribution in [0.4, 0.5) is 0 Å². The van der Waals surface area contributed by atoms with Crippen LogP contribution in [0.3, 0.4) is 0 Å². The largest absolute Gasteiger partial charge is 0.333 e. The van der Waals surface area contributed by atoms with E-state index in [1.165, 1.54) is 12.8 Å². The number of aromatic nitrogens is 3. The zero-order valence-corrected chi connectivity index (χ0v) is 16.6. The van der Waals surface area contributed by atoms with Gasteiger partial charge in [-0.05, 0) is 63.0 Å². The van der Waals surface area contributed by atoms with Gasteiger partial charge in [-0.1, -0.05) is 6.07 Å². The number of carbonyl (C=O) groups is 1. The lowest BCUT2D eigenvalue weighted by atomic mass is 10.1. The number of carbonyl (C=O) groups excluding carboxylic acids is 1. The van der Waals surface area contributed by atoms with Crippen molar-refractivity contribution in [1.29, 1.82) is 0 Å². The van der Waals surface area contributed by atoms with E-state index in [2.05, 4.69) is 29.9 Å². The molecule has 3 aromatic rings. The summed E-state index contributed by atoms with van der Waals surface area (Å²) >= 11 is 1.65. The third-order valence-corrected chi connectivity index (χ3v) is 6.72. The molecule has 0 unspecified atom stereocenters. The number of amides is 1. The molecule has 0 N–H and O–H groups in total. The van der Waals surface area contributed by atoms with Crippen molar-refractivity contribution in [2.75, 3.05) is 0 Å². The molecule has 0 radical (unpaired) electrons. The fourth-order valence-electron chi connectivity index (χ4n) is 3.99. The molecular formula is C21H24N4OS. The smallest absolute Gasteiger partial charge is 0.255 e. The number of fused-ring (bicyclic) bond motifs is 1. The van der Waals surface area contributed by atoms with Gasteiger partial charge in [0.25, 0.3) is 5.91 Å². The van der Waals surface area contributed by atoms with Crippen molar-refractivity contribution in [2.45, 2.75) is 58.2 Å². The molecule has 1 amide bonds. The summed E-state index contributed by atoms with van der Waals surface area (Å²) in [5.41, 5.74) is 2.43. The molecule has 0 spiro atoms. The van der Waals surface area contributed by atoms with E-state index in [1.54, 1.807) is 11.3 Å². The predicted molar refractivity (Wildman–Crippen MR) is 108 cm³/mol. The summed E-state index contributed by atoms with van der Waals surface area (Å²) in [5, 5.41) is 7.40. The van der Waals surface area contributed by atoms with Crippen molar-refractivity contribution in [2.24, 2.45) is 5.92 Å². The first kappa shape index (κ1) is 16.9. The van der Waals surface area contributed by atoms with Gasteiger partial charge in [-0.3, -0.25) is 4.79 Å². The molecule has 3 heterocycles. The second-order valence-corrected chi connectivity index (χ2v) is 8.70. The Bertz CT molecular complexity index is 985. The number of thiophene rings is 1. The Labute approximate surface area is 163 Å². The maximum absolute atomic E-state index is 13.7. The minimum atomic E-state index is 0.151. The third kappa shape index (κ3) is 2.96. The summed E-state index contributed by atoms with van der Waals surface area (Å²) in [7, 11) is 0. The van der Waals surface area contributed by atoms with Crippen LogP contribution in [0.2, 0.25) is 0 Å². The van der Waals surface area contributed by atoms with E-state index in [9.17, 15) is 4.79 Å². The van der Waals surface area contributed by atoms with Crippen LogP contribution in [0.5, 0.6) is 0 Å². The fourth-order valence-corrected chi connectivity index (χ4v) is 4.67. The average molecular weight is 381 g/mol. The summed E-state index contributed by atoms with van der Waals surface area (Å²) in [6.07, 6.45) is 6.56. The molecule has 2 saturated carbocycles. The summed E-state index contributed by atoms with van der Waals surface area (Å²) < 4.78 is 1.88. The van der Waals surface area contributed by atoms with E-state index in [-0.39, 0.29) is 5.91 Å². The van der Waals surface area contributed by atoms with Gasteiger partial charge in [0.15, 0.2) is 5.65 Å². The summed E-state index contributed by atoms with van der Waals surface area (Å²) in [4.78, 5) is 21.8. The highest BCUT2D eigenvalue weighted by molar-refractivity contribution is 7.13. The molecule has 0 aromatic carbocycles. The van der Waals surface area contributed by atoms with E-state index >= 15 is 0 Å². The van der Waals surface area contributed by atoms with E-state index in [1.807, 2.05) is 28.4 Å². The van der Waals surface area contributed by atoms with E-state index in [0.717, 1.165) is 46.6 Å². The third-order valence-electron chi connectivity index (χ3n) is 5.83. The highest BCUT2D eigenvalue weighted by Crippen LogP contribution is 2.41. The molecule has 0 bridgehead atoms. The van der Waals surface area contributed by atoms with Gasteiger partial charge in [0.1, 0.15) is 0 Å². The number of nitrogens with zero attached hydrogens (tertiary/aromatic N) is 4. The zero-order valence-electron chi connectivity index (χ0n) is 15.8. The molecule has 2 fully saturated rings. The van der Waals surface area contributed by atoms with Crippen molar-refractivity contribution < 1.29 is 4.79 Å². The van der Waals surface area contributed by atoms with Crippen molar-refractivity contribution in [3.63, 3.8) is 0 Å². The first-order chi connectivity index (χ1) is 13.2. The molecule has 2 aliphatic rings. The van der Waals surface area contributed by atoms with Crippen LogP contribution < -0.4 is 0 Å². The van der Waals surface area contributed by atoms with Crippen molar-refractivity contribution in [3.05, 3.63) is 35.3 Å². The molecule has 0 aliphatic heterocycles. The van der Waals surface area contributed by atoms with Crippen LogP contribution in [0.25, 0.3) is 21.6 Å². The zero-order chi connectivity index (χ0) is 18.5. The lowest BCUT2D eigenvalue weighted by Crippen LogP contribution is -2.41. The van der Waals surface area contributed by atoms with Gasteiger partial charge in [-0.2, -0.15) is 5.10 Å². The van der Waals surface area contributed by atoms with Gasteiger partial charge in [0.05, 0.1) is 27.7 Å². The van der Waals surface area contributed by atoms with Gasteiger partial charge >= 0.3 is 0 Å². The summed E-state index contributed by atoms with van der Waals surface area (Å²) in [6.45, 7) is 5.02. The first-order valence-corrected chi connectivity index (χ1v) is 10.8. The SMILES string of the molecule is CCn1ncc2c(C(=O)N(C3CC3)[C@H](C)C3CC3)cc(-c3cccs3)nc21. The number of hydrogen-bond donors (Lipinski definition) is 0. The normalized spacial score (nSPS) is 18.0. The van der Waals surface area contributed by atoms with Crippen LogP contribution in [0.15, 0.2) is 29.8 Å². The number of aryl methyl sites for hydroxylation is 1. The molecular weight excluding hydrogens is 356 g/mol. The van der Waals surface area contributed by atoms with E-state index < -0.39 is 0 Å². The maximum atomic E-state index is 13.7.